The number of hydrogen-bond acceptors (Lipinski definition) is 4. The van der Waals surface area contributed by atoms with Crippen molar-refractivity contribution >= 4 is 29.3 Å². The normalized spacial score (nSPS) is 27.3. The van der Waals surface area contributed by atoms with Gasteiger partial charge in [0.2, 0.25) is 11.8 Å². The van der Waals surface area contributed by atoms with E-state index in [4.69, 9.17) is 0 Å². The van der Waals surface area contributed by atoms with Crippen molar-refractivity contribution in [2.45, 2.75) is 30.7 Å². The molecule has 0 saturated carbocycles. The molecule has 2 saturated heterocycles. The summed E-state index contributed by atoms with van der Waals surface area (Å²) >= 11 is 1.67. The number of carbonyl (C=O) groups is 2. The third-order valence-corrected chi connectivity index (χ3v) is 5.78. The molecule has 5 nitrogen and oxygen atoms in total. The fraction of sp³-hybridized carbons (Fsp3) is 0.556. The van der Waals surface area contributed by atoms with Crippen molar-refractivity contribution in [3.8, 4) is 0 Å². The van der Waals surface area contributed by atoms with Gasteiger partial charge in [-0.3, -0.25) is 9.59 Å². The van der Waals surface area contributed by atoms with Crippen LogP contribution in [0.2, 0.25) is 0 Å². The number of nitrogens with zero attached hydrogens (tertiary/aromatic N) is 1. The van der Waals surface area contributed by atoms with Gasteiger partial charge < -0.3 is 15.5 Å². The average Bonchev–Trinajstić information content (AvgIpc) is 2.99. The van der Waals surface area contributed by atoms with Crippen molar-refractivity contribution in [3.05, 3.63) is 24.3 Å². The van der Waals surface area contributed by atoms with E-state index in [0.29, 0.717) is 18.9 Å². The number of thioether (sulfide) groups is 1. The van der Waals surface area contributed by atoms with Crippen LogP contribution < -0.4 is 15.5 Å². The second kappa shape index (κ2) is 7.57. The maximum Gasteiger partial charge on any atom is 0.227 e. The van der Waals surface area contributed by atoms with Gasteiger partial charge in [0.25, 0.3) is 0 Å². The minimum atomic E-state index is -0.258. The van der Waals surface area contributed by atoms with Crippen molar-refractivity contribution in [1.29, 1.82) is 0 Å². The molecule has 3 rings (SSSR count). The van der Waals surface area contributed by atoms with Gasteiger partial charge >= 0.3 is 0 Å². The minimum Gasteiger partial charge on any atom is -0.352 e. The topological polar surface area (TPSA) is 61.4 Å². The Morgan fingerprint density at radius 3 is 2.75 bits per heavy atom. The molecule has 1 aromatic rings. The van der Waals surface area contributed by atoms with Crippen LogP contribution in [-0.2, 0) is 9.59 Å². The van der Waals surface area contributed by atoms with Gasteiger partial charge in [0.15, 0.2) is 0 Å². The zero-order chi connectivity index (χ0) is 17.1. The molecule has 2 amide bonds. The van der Waals surface area contributed by atoms with Crippen LogP contribution in [0.25, 0.3) is 0 Å². The van der Waals surface area contributed by atoms with E-state index in [1.165, 1.54) is 4.90 Å². The molecule has 2 heterocycles. The van der Waals surface area contributed by atoms with Gasteiger partial charge in [0.05, 0.1) is 5.92 Å². The minimum absolute atomic E-state index is 0.00661. The maximum absolute atomic E-state index is 12.6. The third kappa shape index (κ3) is 3.75. The summed E-state index contributed by atoms with van der Waals surface area (Å²) in [7, 11) is 0. The Morgan fingerprint density at radius 2 is 2.08 bits per heavy atom. The molecule has 130 valence electrons. The summed E-state index contributed by atoms with van der Waals surface area (Å²) in [6, 6.07) is 8.09. The van der Waals surface area contributed by atoms with Crippen molar-refractivity contribution in [2.75, 3.05) is 30.8 Å². The lowest BCUT2D eigenvalue weighted by Gasteiger charge is -2.31. The van der Waals surface area contributed by atoms with Crippen LogP contribution in [0.1, 0.15) is 19.8 Å². The molecule has 24 heavy (non-hydrogen) atoms. The molecule has 1 aromatic carbocycles. The summed E-state index contributed by atoms with van der Waals surface area (Å²) in [5.74, 6) is 0.253. The highest BCUT2D eigenvalue weighted by molar-refractivity contribution is 7.98. The van der Waals surface area contributed by atoms with Crippen LogP contribution in [0.3, 0.4) is 0 Å². The number of rotatable bonds is 4. The summed E-state index contributed by atoms with van der Waals surface area (Å²) in [6.07, 6.45) is 3.39. The molecule has 0 aliphatic carbocycles. The Kier molecular flexibility index (Phi) is 5.46. The second-order valence-electron chi connectivity index (χ2n) is 6.69. The summed E-state index contributed by atoms with van der Waals surface area (Å²) in [5.41, 5.74) is 0.876. The van der Waals surface area contributed by atoms with Crippen molar-refractivity contribution in [3.63, 3.8) is 0 Å². The molecule has 3 unspecified atom stereocenters. The first-order valence-electron chi connectivity index (χ1n) is 8.54. The molecule has 0 bridgehead atoms. The fourth-order valence-electron chi connectivity index (χ4n) is 3.38. The molecule has 2 N–H and O–H groups in total. The summed E-state index contributed by atoms with van der Waals surface area (Å²) in [4.78, 5) is 27.8. The lowest BCUT2D eigenvalue weighted by Crippen LogP contribution is -2.51. The van der Waals surface area contributed by atoms with Crippen molar-refractivity contribution in [1.82, 2.24) is 10.6 Å². The smallest absolute Gasteiger partial charge is 0.227 e. The highest BCUT2D eigenvalue weighted by Crippen LogP contribution is 2.27. The number of nitrogens with one attached hydrogen (secondary N) is 2. The highest BCUT2D eigenvalue weighted by Gasteiger charge is 2.36. The predicted octanol–water partition coefficient (Wildman–Crippen LogP) is 1.88. The van der Waals surface area contributed by atoms with Crippen LogP contribution in [0.5, 0.6) is 0 Å². The Bertz CT molecular complexity index is 605. The number of amides is 2. The standard InChI is InChI=1S/C18H25N3O2S/c1-12-7-8-19-10-16(12)20-18(23)13-9-17(22)21(11-13)14-3-5-15(24-2)6-4-14/h3-6,12-13,16,19H,7-11H2,1-2H3,(H,20,23). The molecule has 6 heteroatoms. The zero-order valence-corrected chi connectivity index (χ0v) is 15.1. The van der Waals surface area contributed by atoms with Gasteiger partial charge in [-0.05, 0) is 49.4 Å². The largest absolute Gasteiger partial charge is 0.352 e. The van der Waals surface area contributed by atoms with Crippen LogP contribution in [0.4, 0.5) is 5.69 Å². The number of benzene rings is 1. The Morgan fingerprint density at radius 1 is 1.33 bits per heavy atom. The number of carbonyl (C=O) groups excluding carboxylic acids is 2. The van der Waals surface area contributed by atoms with Gasteiger partial charge in [0, 0.05) is 36.1 Å². The van der Waals surface area contributed by atoms with Gasteiger partial charge in [-0.25, -0.2) is 0 Å². The first-order chi connectivity index (χ1) is 11.6. The highest BCUT2D eigenvalue weighted by atomic mass is 32.2. The van der Waals surface area contributed by atoms with Crippen molar-refractivity contribution in [2.24, 2.45) is 11.8 Å². The van der Waals surface area contributed by atoms with Crippen LogP contribution in [0, 0.1) is 11.8 Å². The van der Waals surface area contributed by atoms with Crippen LogP contribution in [0.15, 0.2) is 29.2 Å². The van der Waals surface area contributed by atoms with Crippen LogP contribution in [-0.4, -0.2) is 43.7 Å². The predicted molar refractivity (Wildman–Crippen MR) is 97.3 cm³/mol. The van der Waals surface area contributed by atoms with Crippen molar-refractivity contribution < 1.29 is 9.59 Å². The Hall–Kier alpha value is -1.53. The maximum atomic E-state index is 12.6. The zero-order valence-electron chi connectivity index (χ0n) is 14.2. The van der Waals surface area contributed by atoms with E-state index < -0.39 is 0 Å². The molecule has 0 radical (unpaired) electrons. The average molecular weight is 347 g/mol. The number of piperidine rings is 1. The van der Waals surface area contributed by atoms with E-state index in [0.717, 1.165) is 25.2 Å². The van der Waals surface area contributed by atoms with E-state index >= 15 is 0 Å². The fourth-order valence-corrected chi connectivity index (χ4v) is 3.79. The molecule has 0 aromatic heterocycles. The van der Waals surface area contributed by atoms with E-state index in [9.17, 15) is 9.59 Å². The van der Waals surface area contributed by atoms with E-state index in [-0.39, 0.29) is 23.8 Å². The SMILES string of the molecule is CSc1ccc(N2CC(C(=O)NC3CNCCC3C)CC2=O)cc1. The number of anilines is 1. The lowest BCUT2D eigenvalue weighted by atomic mass is 9.94. The third-order valence-electron chi connectivity index (χ3n) is 5.04. The lowest BCUT2D eigenvalue weighted by molar-refractivity contribution is -0.127. The molecule has 2 aliphatic rings. The van der Waals surface area contributed by atoms with Gasteiger partial charge in [-0.1, -0.05) is 6.92 Å². The monoisotopic (exact) mass is 347 g/mol. The molecule has 3 atom stereocenters. The summed E-state index contributed by atoms with van der Waals surface area (Å²) < 4.78 is 0. The summed E-state index contributed by atoms with van der Waals surface area (Å²) in [5, 5.41) is 6.46. The van der Waals surface area contributed by atoms with Gasteiger partial charge in [0.1, 0.15) is 0 Å². The molecule has 2 aliphatic heterocycles. The molecular formula is C18H25N3O2S. The quantitative estimate of drug-likeness (QED) is 0.817. The van der Waals surface area contributed by atoms with E-state index in [1.54, 1.807) is 16.7 Å². The molecule has 0 spiro atoms. The van der Waals surface area contributed by atoms with E-state index in [2.05, 4.69) is 17.6 Å². The first kappa shape index (κ1) is 17.3. The van der Waals surface area contributed by atoms with Crippen LogP contribution >= 0.6 is 11.8 Å². The van der Waals surface area contributed by atoms with Gasteiger partial charge in [-0.15, -0.1) is 11.8 Å². The Balaban J connectivity index is 1.62. The summed E-state index contributed by atoms with van der Waals surface area (Å²) in [6.45, 7) is 4.46. The first-order valence-corrected chi connectivity index (χ1v) is 9.76. The number of hydrogen-bond donors (Lipinski definition) is 2. The molecule has 2 fully saturated rings. The molecular weight excluding hydrogens is 322 g/mol. The van der Waals surface area contributed by atoms with Gasteiger partial charge in [-0.2, -0.15) is 0 Å². The second-order valence-corrected chi connectivity index (χ2v) is 7.57. The Labute approximate surface area is 147 Å². The van der Waals surface area contributed by atoms with E-state index in [1.807, 2.05) is 30.5 Å².